The summed E-state index contributed by atoms with van der Waals surface area (Å²) in [6, 6.07) is -0.0148. The van der Waals surface area contributed by atoms with E-state index >= 15 is 0 Å². The van der Waals surface area contributed by atoms with E-state index in [2.05, 4.69) is 14.7 Å². The van der Waals surface area contributed by atoms with Gasteiger partial charge in [-0.25, -0.2) is 4.98 Å². The second kappa shape index (κ2) is 3.93. The number of aliphatic hydroxyl groups excluding tert-OH is 1. The van der Waals surface area contributed by atoms with Gasteiger partial charge in [-0.3, -0.25) is 0 Å². The van der Waals surface area contributed by atoms with Gasteiger partial charge >= 0.3 is 0 Å². The number of aryl methyl sites for hydroxylation is 1. The quantitative estimate of drug-likeness (QED) is 0.723. The van der Waals surface area contributed by atoms with Gasteiger partial charge in [0.05, 0.1) is 0 Å². The summed E-state index contributed by atoms with van der Waals surface area (Å²) in [6.07, 6.45) is -0.611. The molecule has 0 radical (unpaired) electrons. The van der Waals surface area contributed by atoms with Gasteiger partial charge in [0, 0.05) is 6.04 Å². The fraction of sp³-hybridized carbons (Fsp3) is 0.714. The van der Waals surface area contributed by atoms with E-state index in [4.69, 9.17) is 0 Å². The van der Waals surface area contributed by atoms with Crippen LogP contribution < -0.4 is 5.32 Å². The minimum atomic E-state index is -0.611. The summed E-state index contributed by atoms with van der Waals surface area (Å²) in [5, 5.41) is 13.5. The molecule has 0 fully saturated rings. The highest BCUT2D eigenvalue weighted by molar-refractivity contribution is 7.05. The summed E-state index contributed by atoms with van der Waals surface area (Å²) in [5.41, 5.74) is 0. The third-order valence-corrected chi connectivity index (χ3v) is 2.37. The Labute approximate surface area is 75.8 Å². The Bertz CT molecular complexity index is 251. The fourth-order valence-corrected chi connectivity index (χ4v) is 1.33. The zero-order chi connectivity index (χ0) is 9.14. The summed E-state index contributed by atoms with van der Waals surface area (Å²) in [6.45, 7) is 3.76. The van der Waals surface area contributed by atoms with Crippen LogP contribution in [0.25, 0.3) is 0 Å². The summed E-state index contributed by atoms with van der Waals surface area (Å²) >= 11 is 1.31. The first-order valence-electron chi connectivity index (χ1n) is 3.80. The average molecular weight is 187 g/mol. The van der Waals surface area contributed by atoms with Gasteiger partial charge in [0.2, 0.25) is 0 Å². The highest BCUT2D eigenvalue weighted by Crippen LogP contribution is 2.14. The summed E-state index contributed by atoms with van der Waals surface area (Å²) in [5.74, 6) is 0.513. The molecule has 1 aromatic heterocycles. The van der Waals surface area contributed by atoms with Crippen molar-refractivity contribution in [3.63, 3.8) is 0 Å². The van der Waals surface area contributed by atoms with Gasteiger partial charge < -0.3 is 10.4 Å². The zero-order valence-corrected chi connectivity index (χ0v) is 8.22. The Kier molecular flexibility index (Phi) is 3.13. The molecule has 1 rings (SSSR count). The van der Waals surface area contributed by atoms with E-state index in [0.717, 1.165) is 5.01 Å². The normalized spacial score (nSPS) is 16.0. The molecule has 0 aromatic carbocycles. The van der Waals surface area contributed by atoms with Gasteiger partial charge in [0.1, 0.15) is 11.1 Å². The molecule has 2 unspecified atom stereocenters. The summed E-state index contributed by atoms with van der Waals surface area (Å²) in [4.78, 5) is 4.10. The van der Waals surface area contributed by atoms with Crippen LogP contribution in [-0.4, -0.2) is 27.6 Å². The number of hydrogen-bond acceptors (Lipinski definition) is 5. The van der Waals surface area contributed by atoms with E-state index in [0.29, 0.717) is 5.82 Å². The lowest BCUT2D eigenvalue weighted by molar-refractivity contribution is 0.132. The lowest BCUT2D eigenvalue weighted by Crippen LogP contribution is -2.29. The van der Waals surface area contributed by atoms with Gasteiger partial charge in [0.15, 0.2) is 5.82 Å². The van der Waals surface area contributed by atoms with Crippen molar-refractivity contribution in [1.82, 2.24) is 14.7 Å². The van der Waals surface area contributed by atoms with E-state index in [1.54, 1.807) is 7.05 Å². The molecule has 0 amide bonds. The molecule has 0 aliphatic rings. The van der Waals surface area contributed by atoms with Crippen LogP contribution >= 0.6 is 11.5 Å². The Balaban J connectivity index is 2.70. The van der Waals surface area contributed by atoms with E-state index in [-0.39, 0.29) is 6.04 Å². The Morgan fingerprint density at radius 3 is 2.67 bits per heavy atom. The van der Waals surface area contributed by atoms with Crippen LogP contribution in [0.2, 0.25) is 0 Å². The SMILES string of the molecule is CNC(C)C(O)c1nsc(C)n1. The predicted octanol–water partition coefficient (Wildman–Crippen LogP) is 0.488. The molecule has 0 aliphatic heterocycles. The maximum atomic E-state index is 9.62. The molecule has 4 nitrogen and oxygen atoms in total. The second-order valence-electron chi connectivity index (χ2n) is 2.69. The molecular weight excluding hydrogens is 174 g/mol. The minimum absolute atomic E-state index is 0.0148. The zero-order valence-electron chi connectivity index (χ0n) is 7.40. The molecule has 1 aromatic rings. The van der Waals surface area contributed by atoms with Crippen LogP contribution in [0.4, 0.5) is 0 Å². The lowest BCUT2D eigenvalue weighted by atomic mass is 10.2. The molecule has 0 spiro atoms. The van der Waals surface area contributed by atoms with Gasteiger partial charge in [-0.2, -0.15) is 4.37 Å². The van der Waals surface area contributed by atoms with Gasteiger partial charge in [-0.1, -0.05) is 0 Å². The average Bonchev–Trinajstić information content (AvgIpc) is 2.49. The number of likely N-dealkylation sites (N-methyl/N-ethyl adjacent to an activating group) is 1. The molecule has 5 heteroatoms. The molecular formula is C7H13N3OS. The first-order chi connectivity index (χ1) is 5.65. The molecule has 0 saturated heterocycles. The third-order valence-electron chi connectivity index (χ3n) is 1.74. The van der Waals surface area contributed by atoms with Gasteiger partial charge in [-0.15, -0.1) is 0 Å². The van der Waals surface area contributed by atoms with Crippen molar-refractivity contribution in [3.05, 3.63) is 10.8 Å². The molecule has 1 heterocycles. The minimum Gasteiger partial charge on any atom is -0.383 e. The van der Waals surface area contributed by atoms with Crippen molar-refractivity contribution >= 4 is 11.5 Å². The molecule has 12 heavy (non-hydrogen) atoms. The van der Waals surface area contributed by atoms with Crippen LogP contribution in [0.5, 0.6) is 0 Å². The maximum Gasteiger partial charge on any atom is 0.172 e. The number of rotatable bonds is 3. The van der Waals surface area contributed by atoms with Crippen molar-refractivity contribution in [2.75, 3.05) is 7.05 Å². The monoisotopic (exact) mass is 187 g/mol. The molecule has 0 bridgehead atoms. The highest BCUT2D eigenvalue weighted by atomic mass is 32.1. The second-order valence-corrected chi connectivity index (χ2v) is 3.65. The number of aromatic nitrogens is 2. The maximum absolute atomic E-state index is 9.62. The fourth-order valence-electron chi connectivity index (χ4n) is 0.817. The smallest absolute Gasteiger partial charge is 0.172 e. The topological polar surface area (TPSA) is 58.0 Å². The van der Waals surface area contributed by atoms with Crippen molar-refractivity contribution < 1.29 is 5.11 Å². The number of aliphatic hydroxyl groups is 1. The van der Waals surface area contributed by atoms with Crippen molar-refractivity contribution in [2.24, 2.45) is 0 Å². The molecule has 0 saturated carbocycles. The highest BCUT2D eigenvalue weighted by Gasteiger charge is 2.18. The number of nitrogens with one attached hydrogen (secondary N) is 1. The van der Waals surface area contributed by atoms with E-state index < -0.39 is 6.10 Å². The van der Waals surface area contributed by atoms with Crippen LogP contribution in [0, 0.1) is 6.92 Å². The standard InChI is InChI=1S/C7H13N3OS/c1-4(8-3)6(11)7-9-5(2)12-10-7/h4,6,8,11H,1-3H3. The first-order valence-corrected chi connectivity index (χ1v) is 4.58. The predicted molar refractivity (Wildman–Crippen MR) is 48.1 cm³/mol. The molecule has 2 N–H and O–H groups in total. The molecule has 68 valence electrons. The Morgan fingerprint density at radius 2 is 2.25 bits per heavy atom. The Hall–Kier alpha value is -0.520. The van der Waals surface area contributed by atoms with Crippen LogP contribution in [-0.2, 0) is 0 Å². The van der Waals surface area contributed by atoms with Crippen LogP contribution in [0.3, 0.4) is 0 Å². The largest absolute Gasteiger partial charge is 0.383 e. The van der Waals surface area contributed by atoms with Gasteiger partial charge in [0.25, 0.3) is 0 Å². The Morgan fingerprint density at radius 1 is 1.58 bits per heavy atom. The van der Waals surface area contributed by atoms with E-state index in [1.807, 2.05) is 13.8 Å². The lowest BCUT2D eigenvalue weighted by Gasteiger charge is -2.14. The van der Waals surface area contributed by atoms with E-state index in [1.165, 1.54) is 11.5 Å². The van der Waals surface area contributed by atoms with Gasteiger partial charge in [-0.05, 0) is 32.4 Å². The summed E-state index contributed by atoms with van der Waals surface area (Å²) in [7, 11) is 1.80. The first kappa shape index (κ1) is 9.57. The number of nitrogens with zero attached hydrogens (tertiary/aromatic N) is 2. The summed E-state index contributed by atoms with van der Waals surface area (Å²) < 4.78 is 4.03. The van der Waals surface area contributed by atoms with Crippen molar-refractivity contribution in [2.45, 2.75) is 26.0 Å². The molecule has 0 aliphatic carbocycles. The van der Waals surface area contributed by atoms with Crippen molar-refractivity contribution in [1.29, 1.82) is 0 Å². The third kappa shape index (κ3) is 2.00. The van der Waals surface area contributed by atoms with E-state index in [9.17, 15) is 5.11 Å². The van der Waals surface area contributed by atoms with Crippen molar-refractivity contribution in [3.8, 4) is 0 Å². The number of hydrogen-bond donors (Lipinski definition) is 2. The van der Waals surface area contributed by atoms with Crippen LogP contribution in [0.1, 0.15) is 23.9 Å². The van der Waals surface area contributed by atoms with Crippen LogP contribution in [0.15, 0.2) is 0 Å². The molecule has 2 atom stereocenters.